The van der Waals surface area contributed by atoms with Gasteiger partial charge in [0.2, 0.25) is 11.9 Å². The Morgan fingerprint density at radius 1 is 1.06 bits per heavy atom. The summed E-state index contributed by atoms with van der Waals surface area (Å²) in [5.74, 6) is 3.38. The Kier molecular flexibility index (Phi) is 7.13. The van der Waals surface area contributed by atoms with Gasteiger partial charge in [-0.05, 0) is 50.0 Å². The maximum atomic E-state index is 6.14. The van der Waals surface area contributed by atoms with Crippen molar-refractivity contribution in [3.8, 4) is 5.75 Å². The highest BCUT2D eigenvalue weighted by atomic mass is 16.5. The van der Waals surface area contributed by atoms with Crippen LogP contribution < -0.4 is 15.0 Å². The van der Waals surface area contributed by atoms with Gasteiger partial charge in [0.15, 0.2) is 5.65 Å². The molecular formula is C26H36N6O2. The Bertz CT molecular complexity index is 1090. The van der Waals surface area contributed by atoms with E-state index in [1.807, 2.05) is 28.9 Å². The highest BCUT2D eigenvalue weighted by Gasteiger charge is 2.23. The fourth-order valence-electron chi connectivity index (χ4n) is 4.79. The lowest BCUT2D eigenvalue weighted by Gasteiger charge is -2.30. The number of hydrogen-bond acceptors (Lipinski definition) is 7. The normalized spacial score (nSPS) is 18.3. The molecule has 34 heavy (non-hydrogen) atoms. The molecule has 2 aliphatic heterocycles. The lowest BCUT2D eigenvalue weighted by atomic mass is 9.99. The minimum absolute atomic E-state index is 0.330. The van der Waals surface area contributed by atoms with Crippen molar-refractivity contribution in [1.29, 1.82) is 0 Å². The van der Waals surface area contributed by atoms with Crippen molar-refractivity contribution in [1.82, 2.24) is 19.6 Å². The van der Waals surface area contributed by atoms with Crippen molar-refractivity contribution in [2.75, 3.05) is 43.1 Å². The zero-order valence-electron chi connectivity index (χ0n) is 20.4. The minimum Gasteiger partial charge on any atom is -0.493 e. The van der Waals surface area contributed by atoms with Crippen LogP contribution in [0.4, 0.5) is 11.9 Å². The van der Waals surface area contributed by atoms with Crippen LogP contribution in [0.3, 0.4) is 0 Å². The summed E-state index contributed by atoms with van der Waals surface area (Å²) in [6, 6.07) is 8.23. The van der Waals surface area contributed by atoms with E-state index in [1.165, 1.54) is 0 Å². The maximum absolute atomic E-state index is 6.14. The number of anilines is 2. The number of nitrogens with zero attached hydrogens (tertiary/aromatic N) is 5. The molecule has 0 amide bonds. The third-order valence-corrected chi connectivity index (χ3v) is 6.85. The van der Waals surface area contributed by atoms with Gasteiger partial charge >= 0.3 is 0 Å². The number of rotatable bonds is 3. The molecule has 0 radical (unpaired) electrons. The number of hydrogen-bond donors (Lipinski definition) is 1. The Hall–Kier alpha value is -2.87. The average Bonchev–Trinajstić information content (AvgIpc) is 3.29. The molecule has 3 aromatic rings. The summed E-state index contributed by atoms with van der Waals surface area (Å²) in [7, 11) is 0. The Morgan fingerprint density at radius 3 is 2.76 bits per heavy atom. The molecule has 0 unspecified atom stereocenters. The molecule has 5 rings (SSSR count). The van der Waals surface area contributed by atoms with E-state index >= 15 is 0 Å². The Balaban J connectivity index is 1.54. The van der Waals surface area contributed by atoms with Gasteiger partial charge in [0.25, 0.3) is 0 Å². The molecule has 1 aromatic carbocycles. The molecule has 2 aromatic heterocycles. The Morgan fingerprint density at radius 2 is 1.91 bits per heavy atom. The van der Waals surface area contributed by atoms with Crippen molar-refractivity contribution in [2.45, 2.75) is 58.4 Å². The van der Waals surface area contributed by atoms with Crippen LogP contribution in [0.2, 0.25) is 0 Å². The van der Waals surface area contributed by atoms with Gasteiger partial charge in [-0.3, -0.25) is 0 Å². The van der Waals surface area contributed by atoms with Gasteiger partial charge in [0.1, 0.15) is 5.75 Å². The molecule has 0 spiro atoms. The molecule has 1 saturated heterocycles. The Labute approximate surface area is 201 Å². The van der Waals surface area contributed by atoms with E-state index in [4.69, 9.17) is 19.4 Å². The van der Waals surface area contributed by atoms with Crippen molar-refractivity contribution in [3.05, 3.63) is 41.6 Å². The van der Waals surface area contributed by atoms with Crippen molar-refractivity contribution in [3.63, 3.8) is 0 Å². The second-order valence-corrected chi connectivity index (χ2v) is 9.71. The molecule has 0 saturated carbocycles. The van der Waals surface area contributed by atoms with E-state index < -0.39 is 0 Å². The number of aromatic nitrogens is 4. The predicted octanol–water partition coefficient (Wildman–Crippen LogP) is 4.66. The van der Waals surface area contributed by atoms with E-state index in [1.54, 1.807) is 0 Å². The summed E-state index contributed by atoms with van der Waals surface area (Å²) in [4.78, 5) is 12.5. The van der Waals surface area contributed by atoms with E-state index in [-0.39, 0.29) is 0 Å². The monoisotopic (exact) mass is 464 g/mol. The number of benzene rings is 1. The number of nitrogens with one attached hydrogen (secondary N) is 1. The first kappa shape index (κ1) is 22.9. The van der Waals surface area contributed by atoms with Crippen LogP contribution in [-0.4, -0.2) is 52.5 Å². The van der Waals surface area contributed by atoms with Crippen LogP contribution in [-0.2, 0) is 11.3 Å². The van der Waals surface area contributed by atoms with Crippen LogP contribution in [0.15, 0.2) is 30.5 Å². The zero-order chi connectivity index (χ0) is 23.3. The summed E-state index contributed by atoms with van der Waals surface area (Å²) in [6.07, 6.45) is 7.36. The lowest BCUT2D eigenvalue weighted by Crippen LogP contribution is -2.35. The SMILES string of the molecule is CC(C)c1cnn2c3nc(nc12)N(CC1CCOCC1)CCCCCOc1ccccc1CN3. The first-order chi connectivity index (χ1) is 16.7. The first-order valence-corrected chi connectivity index (χ1v) is 12.7. The van der Waals surface area contributed by atoms with Crippen LogP contribution in [0, 0.1) is 5.92 Å². The minimum atomic E-state index is 0.330. The van der Waals surface area contributed by atoms with Gasteiger partial charge in [-0.2, -0.15) is 19.6 Å². The van der Waals surface area contributed by atoms with Gasteiger partial charge in [0, 0.05) is 44.0 Å². The molecule has 4 heterocycles. The molecule has 1 N–H and O–H groups in total. The number of para-hydroxylation sites is 1. The molecule has 2 bridgehead atoms. The van der Waals surface area contributed by atoms with Crippen LogP contribution >= 0.6 is 0 Å². The van der Waals surface area contributed by atoms with Crippen molar-refractivity contribution >= 4 is 17.5 Å². The first-order valence-electron chi connectivity index (χ1n) is 12.7. The van der Waals surface area contributed by atoms with Crippen molar-refractivity contribution in [2.24, 2.45) is 5.92 Å². The van der Waals surface area contributed by atoms with Gasteiger partial charge in [-0.25, -0.2) is 0 Å². The quantitative estimate of drug-likeness (QED) is 0.604. The second kappa shape index (κ2) is 10.6. The van der Waals surface area contributed by atoms with Crippen LogP contribution in [0.25, 0.3) is 5.65 Å². The number of ether oxygens (including phenoxy) is 2. The molecule has 182 valence electrons. The summed E-state index contributed by atoms with van der Waals surface area (Å²) >= 11 is 0. The highest BCUT2D eigenvalue weighted by Crippen LogP contribution is 2.27. The van der Waals surface area contributed by atoms with E-state index in [2.05, 4.69) is 35.2 Å². The fourth-order valence-corrected chi connectivity index (χ4v) is 4.79. The average molecular weight is 465 g/mol. The topological polar surface area (TPSA) is 76.8 Å². The van der Waals surface area contributed by atoms with E-state index in [0.29, 0.717) is 18.4 Å². The van der Waals surface area contributed by atoms with Gasteiger partial charge in [-0.15, -0.1) is 0 Å². The third kappa shape index (κ3) is 5.12. The molecule has 2 aliphatic rings. The lowest BCUT2D eigenvalue weighted by molar-refractivity contribution is 0.0681. The summed E-state index contributed by atoms with van der Waals surface area (Å²) < 4.78 is 13.6. The molecule has 8 nitrogen and oxygen atoms in total. The third-order valence-electron chi connectivity index (χ3n) is 6.85. The summed E-state index contributed by atoms with van der Waals surface area (Å²) in [5.41, 5.74) is 3.14. The molecular weight excluding hydrogens is 428 g/mol. The predicted molar refractivity (Wildman–Crippen MR) is 134 cm³/mol. The molecule has 8 heteroatoms. The number of fused-ring (bicyclic) bond motifs is 5. The summed E-state index contributed by atoms with van der Waals surface area (Å²) in [5, 5.41) is 8.18. The van der Waals surface area contributed by atoms with E-state index in [0.717, 1.165) is 99.4 Å². The molecule has 0 aliphatic carbocycles. The largest absolute Gasteiger partial charge is 0.493 e. The standard InChI is InChI=1S/C26H36N6O2/c1-19(2)22-17-28-32-24(22)29-26-30-25(32)27-16-21-8-4-5-9-23(21)34-13-7-3-6-12-31(26)18-20-10-14-33-15-11-20/h4-5,8-9,17,19-20H,3,6-7,10-16,18H2,1-2H3,(H,27,29,30). The smallest absolute Gasteiger partial charge is 0.230 e. The van der Waals surface area contributed by atoms with Crippen LogP contribution in [0.5, 0.6) is 5.75 Å². The summed E-state index contributed by atoms with van der Waals surface area (Å²) in [6.45, 7) is 9.32. The van der Waals surface area contributed by atoms with Gasteiger partial charge in [0.05, 0.1) is 12.8 Å². The van der Waals surface area contributed by atoms with E-state index in [9.17, 15) is 0 Å². The van der Waals surface area contributed by atoms with Gasteiger partial charge < -0.3 is 19.7 Å². The van der Waals surface area contributed by atoms with Crippen molar-refractivity contribution < 1.29 is 9.47 Å². The molecule has 0 atom stereocenters. The molecule has 1 fully saturated rings. The maximum Gasteiger partial charge on any atom is 0.230 e. The van der Waals surface area contributed by atoms with Crippen LogP contribution in [0.1, 0.15) is 63.0 Å². The highest BCUT2D eigenvalue weighted by molar-refractivity contribution is 5.56. The fraction of sp³-hybridized carbons (Fsp3) is 0.577. The second-order valence-electron chi connectivity index (χ2n) is 9.71. The van der Waals surface area contributed by atoms with Gasteiger partial charge in [-0.1, -0.05) is 32.0 Å². The zero-order valence-corrected chi connectivity index (χ0v) is 20.4.